The van der Waals surface area contributed by atoms with Crippen molar-refractivity contribution in [1.29, 1.82) is 0 Å². The minimum atomic E-state index is -2.94. The van der Waals surface area contributed by atoms with Crippen LogP contribution in [0.25, 0.3) is 0 Å². The number of nitrogens with one attached hydrogen (secondary N) is 1. The van der Waals surface area contributed by atoms with Gasteiger partial charge < -0.3 is 15.8 Å². The molecule has 2 atom stereocenters. The smallest absolute Gasteiger partial charge is 0.408 e. The average molecular weight is 364 g/mol. The van der Waals surface area contributed by atoms with Gasteiger partial charge in [-0.2, -0.15) is 0 Å². The molecular weight excluding hydrogens is 330 g/mol. The molecule has 1 aliphatic rings. The molecule has 0 aromatic carbocycles. The first-order valence-corrected chi connectivity index (χ1v) is 10.2. The van der Waals surface area contributed by atoms with E-state index in [4.69, 9.17) is 10.5 Å². The zero-order valence-corrected chi connectivity index (χ0v) is 16.6. The third kappa shape index (κ3) is 6.94. The lowest BCUT2D eigenvalue weighted by atomic mass is 9.93. The van der Waals surface area contributed by atoms with Crippen LogP contribution in [0, 0.1) is 0 Å². The number of nitrogens with two attached hydrogens (primary N) is 1. The van der Waals surface area contributed by atoms with Crippen LogP contribution in [-0.2, 0) is 14.6 Å². The van der Waals surface area contributed by atoms with Gasteiger partial charge >= 0.3 is 6.09 Å². The van der Waals surface area contributed by atoms with Crippen molar-refractivity contribution in [2.45, 2.75) is 70.7 Å². The standard InChI is InChI=1S/C16H33N3O4S/c1-15(2,3)23-14(20)18-16(4,5)9-13(10-17)19(6)12-7-8-24(21,22)11-12/h12-13H,7-11,17H2,1-6H3,(H,18,20). The Morgan fingerprint density at radius 3 is 2.33 bits per heavy atom. The Labute approximate surface area is 146 Å². The lowest BCUT2D eigenvalue weighted by Crippen LogP contribution is -2.53. The topological polar surface area (TPSA) is 102 Å². The number of ether oxygens (including phenoxy) is 1. The molecule has 24 heavy (non-hydrogen) atoms. The van der Waals surface area contributed by atoms with Gasteiger partial charge in [-0.1, -0.05) is 0 Å². The summed E-state index contributed by atoms with van der Waals surface area (Å²) in [4.78, 5) is 14.0. The number of alkyl carbamates (subject to hydrolysis) is 1. The molecule has 8 heteroatoms. The highest BCUT2D eigenvalue weighted by atomic mass is 32.2. The second-order valence-electron chi connectivity index (χ2n) is 8.33. The zero-order valence-electron chi connectivity index (χ0n) is 15.8. The molecule has 1 saturated heterocycles. The predicted molar refractivity (Wildman–Crippen MR) is 95.7 cm³/mol. The first kappa shape index (κ1) is 21.2. The van der Waals surface area contributed by atoms with Crippen molar-refractivity contribution in [2.24, 2.45) is 5.73 Å². The maximum Gasteiger partial charge on any atom is 0.408 e. The molecule has 1 amide bonds. The van der Waals surface area contributed by atoms with Crippen LogP contribution in [0.2, 0.25) is 0 Å². The van der Waals surface area contributed by atoms with Gasteiger partial charge in [0.2, 0.25) is 0 Å². The summed E-state index contributed by atoms with van der Waals surface area (Å²) in [5.74, 6) is 0.415. The third-order valence-corrected chi connectivity index (χ3v) is 5.97. The summed E-state index contributed by atoms with van der Waals surface area (Å²) < 4.78 is 28.7. The number of amides is 1. The van der Waals surface area contributed by atoms with Gasteiger partial charge in [0, 0.05) is 24.2 Å². The van der Waals surface area contributed by atoms with Gasteiger partial charge in [0.25, 0.3) is 0 Å². The van der Waals surface area contributed by atoms with Crippen molar-refractivity contribution >= 4 is 15.9 Å². The van der Waals surface area contributed by atoms with Crippen LogP contribution < -0.4 is 11.1 Å². The Balaban J connectivity index is 2.67. The maximum atomic E-state index is 12.0. The normalized spacial score (nSPS) is 22.4. The van der Waals surface area contributed by atoms with E-state index in [0.29, 0.717) is 19.4 Å². The number of carbonyl (C=O) groups is 1. The summed E-state index contributed by atoms with van der Waals surface area (Å²) >= 11 is 0. The minimum absolute atomic E-state index is 0.0131. The lowest BCUT2D eigenvalue weighted by molar-refractivity contribution is 0.0446. The molecule has 0 aromatic heterocycles. The molecule has 1 rings (SSSR count). The lowest BCUT2D eigenvalue weighted by Gasteiger charge is -2.37. The molecule has 2 unspecified atom stereocenters. The van der Waals surface area contributed by atoms with E-state index in [1.54, 1.807) is 0 Å². The van der Waals surface area contributed by atoms with Gasteiger partial charge in [0.15, 0.2) is 9.84 Å². The molecule has 0 aliphatic carbocycles. The van der Waals surface area contributed by atoms with Crippen LogP contribution in [0.4, 0.5) is 4.79 Å². The van der Waals surface area contributed by atoms with Crippen molar-refractivity contribution in [2.75, 3.05) is 25.1 Å². The Morgan fingerprint density at radius 2 is 1.92 bits per heavy atom. The Kier molecular flexibility index (Phi) is 6.69. The summed E-state index contributed by atoms with van der Waals surface area (Å²) in [6.45, 7) is 9.67. The van der Waals surface area contributed by atoms with Crippen molar-refractivity contribution < 1.29 is 17.9 Å². The van der Waals surface area contributed by atoms with Crippen molar-refractivity contribution in [1.82, 2.24) is 10.2 Å². The van der Waals surface area contributed by atoms with E-state index in [2.05, 4.69) is 5.32 Å². The van der Waals surface area contributed by atoms with Gasteiger partial charge in [-0.15, -0.1) is 0 Å². The number of carbonyl (C=O) groups excluding carboxylic acids is 1. The molecule has 3 N–H and O–H groups in total. The summed E-state index contributed by atoms with van der Waals surface area (Å²) in [5.41, 5.74) is 4.84. The SMILES string of the molecule is CN(C(CN)CC(C)(C)NC(=O)OC(C)(C)C)C1CCS(=O)(=O)C1. The Hall–Kier alpha value is -0.860. The number of nitrogens with zero attached hydrogens (tertiary/aromatic N) is 1. The summed E-state index contributed by atoms with van der Waals surface area (Å²) in [5, 5.41) is 2.88. The van der Waals surface area contributed by atoms with E-state index >= 15 is 0 Å². The van der Waals surface area contributed by atoms with Crippen molar-refractivity contribution in [3.05, 3.63) is 0 Å². The second-order valence-corrected chi connectivity index (χ2v) is 10.6. The summed E-state index contributed by atoms with van der Waals surface area (Å²) in [7, 11) is -1.03. The quantitative estimate of drug-likeness (QED) is 0.733. The second kappa shape index (κ2) is 7.58. The van der Waals surface area contributed by atoms with E-state index in [0.717, 1.165) is 0 Å². The van der Waals surface area contributed by atoms with E-state index < -0.39 is 27.1 Å². The molecule has 0 bridgehead atoms. The molecule has 1 heterocycles. The van der Waals surface area contributed by atoms with Crippen LogP contribution in [0.3, 0.4) is 0 Å². The molecular formula is C16H33N3O4S. The van der Waals surface area contributed by atoms with E-state index in [-0.39, 0.29) is 23.6 Å². The third-order valence-electron chi connectivity index (χ3n) is 4.22. The van der Waals surface area contributed by atoms with E-state index in [9.17, 15) is 13.2 Å². The monoisotopic (exact) mass is 363 g/mol. The van der Waals surface area contributed by atoms with E-state index in [1.165, 1.54) is 0 Å². The molecule has 7 nitrogen and oxygen atoms in total. The molecule has 0 aromatic rings. The predicted octanol–water partition coefficient (Wildman–Crippen LogP) is 1.13. The fraction of sp³-hybridized carbons (Fsp3) is 0.938. The van der Waals surface area contributed by atoms with Gasteiger partial charge in [0.05, 0.1) is 11.5 Å². The summed E-state index contributed by atoms with van der Waals surface area (Å²) in [6, 6.07) is -0.0332. The van der Waals surface area contributed by atoms with Gasteiger partial charge in [-0.05, 0) is 54.5 Å². The minimum Gasteiger partial charge on any atom is -0.444 e. The van der Waals surface area contributed by atoms with Crippen molar-refractivity contribution in [3.63, 3.8) is 0 Å². The van der Waals surface area contributed by atoms with Crippen LogP contribution in [0.1, 0.15) is 47.5 Å². The zero-order chi connectivity index (χ0) is 18.8. The van der Waals surface area contributed by atoms with Gasteiger partial charge in [-0.25, -0.2) is 13.2 Å². The molecule has 1 aliphatic heterocycles. The highest BCUT2D eigenvalue weighted by Crippen LogP contribution is 2.22. The largest absolute Gasteiger partial charge is 0.444 e. The van der Waals surface area contributed by atoms with E-state index in [1.807, 2.05) is 46.6 Å². The average Bonchev–Trinajstić information content (AvgIpc) is 2.72. The highest BCUT2D eigenvalue weighted by molar-refractivity contribution is 7.91. The van der Waals surface area contributed by atoms with Crippen LogP contribution in [0.15, 0.2) is 0 Å². The van der Waals surface area contributed by atoms with Crippen LogP contribution >= 0.6 is 0 Å². The van der Waals surface area contributed by atoms with Crippen molar-refractivity contribution in [3.8, 4) is 0 Å². The molecule has 0 saturated carbocycles. The highest BCUT2D eigenvalue weighted by Gasteiger charge is 2.35. The Bertz CT molecular complexity index is 540. The number of hydrogen-bond donors (Lipinski definition) is 2. The molecule has 0 spiro atoms. The fourth-order valence-corrected chi connectivity index (χ4v) is 4.79. The van der Waals surface area contributed by atoms with Gasteiger partial charge in [-0.3, -0.25) is 4.90 Å². The summed E-state index contributed by atoms with van der Waals surface area (Å²) in [6.07, 6.45) is 0.778. The molecule has 1 fully saturated rings. The fourth-order valence-electron chi connectivity index (χ4n) is 3.01. The Morgan fingerprint density at radius 1 is 1.33 bits per heavy atom. The first-order chi connectivity index (χ1) is 10.7. The van der Waals surface area contributed by atoms with Crippen LogP contribution in [0.5, 0.6) is 0 Å². The number of sulfone groups is 1. The number of likely N-dealkylation sites (N-methyl/N-ethyl adjacent to an activating group) is 1. The van der Waals surface area contributed by atoms with Gasteiger partial charge in [0.1, 0.15) is 5.60 Å². The number of hydrogen-bond acceptors (Lipinski definition) is 6. The maximum absolute atomic E-state index is 12.0. The number of rotatable bonds is 6. The molecule has 142 valence electrons. The molecule has 0 radical (unpaired) electrons. The van der Waals surface area contributed by atoms with Crippen LogP contribution in [-0.4, -0.2) is 67.7 Å². The first-order valence-electron chi connectivity index (χ1n) is 8.38.